The lowest BCUT2D eigenvalue weighted by molar-refractivity contribution is 0.185. The van der Waals surface area contributed by atoms with Crippen molar-refractivity contribution < 1.29 is 4.74 Å². The molecule has 152 valence electrons. The molecule has 0 bridgehead atoms. The van der Waals surface area contributed by atoms with Crippen LogP contribution in [0.1, 0.15) is 23.1 Å². The van der Waals surface area contributed by atoms with Gasteiger partial charge in [0, 0.05) is 45.5 Å². The van der Waals surface area contributed by atoms with Gasteiger partial charge in [0.1, 0.15) is 0 Å². The highest BCUT2D eigenvalue weighted by atomic mass is 127. The third-order valence-corrected chi connectivity index (χ3v) is 4.91. The largest absolute Gasteiger partial charge is 0.380 e. The van der Waals surface area contributed by atoms with E-state index < -0.39 is 0 Å². The van der Waals surface area contributed by atoms with Crippen LogP contribution in [0.25, 0.3) is 0 Å². The SMILES string of the molecule is CN=C(NCc1cccc(COC)c1)NC1CCN(c2ccc(C)cc2)C1.I. The minimum atomic E-state index is 0. The normalized spacial score (nSPS) is 16.6. The lowest BCUT2D eigenvalue weighted by Gasteiger charge is -2.20. The summed E-state index contributed by atoms with van der Waals surface area (Å²) in [5, 5.41) is 6.98. The van der Waals surface area contributed by atoms with Crippen LogP contribution < -0.4 is 15.5 Å². The molecule has 2 aromatic carbocycles. The number of aliphatic imine (C=N–C) groups is 1. The lowest BCUT2D eigenvalue weighted by atomic mass is 10.1. The fourth-order valence-electron chi connectivity index (χ4n) is 3.44. The van der Waals surface area contributed by atoms with Gasteiger partial charge in [-0.05, 0) is 36.6 Å². The zero-order valence-corrected chi connectivity index (χ0v) is 19.3. The van der Waals surface area contributed by atoms with Crippen LogP contribution >= 0.6 is 24.0 Å². The van der Waals surface area contributed by atoms with Gasteiger partial charge in [-0.1, -0.05) is 42.0 Å². The number of ether oxygens (including phenoxy) is 1. The fourth-order valence-corrected chi connectivity index (χ4v) is 3.44. The van der Waals surface area contributed by atoms with Gasteiger partial charge in [0.05, 0.1) is 6.61 Å². The molecule has 0 aromatic heterocycles. The lowest BCUT2D eigenvalue weighted by Crippen LogP contribution is -2.44. The molecule has 1 unspecified atom stereocenters. The molecule has 0 spiro atoms. The predicted octanol–water partition coefficient (Wildman–Crippen LogP) is 3.70. The third kappa shape index (κ3) is 6.38. The molecule has 28 heavy (non-hydrogen) atoms. The first-order chi connectivity index (χ1) is 13.2. The summed E-state index contributed by atoms with van der Waals surface area (Å²) < 4.78 is 5.21. The molecule has 1 saturated heterocycles. The van der Waals surface area contributed by atoms with Gasteiger partial charge in [0.15, 0.2) is 5.96 Å². The van der Waals surface area contributed by atoms with E-state index in [1.807, 2.05) is 7.05 Å². The first-order valence-corrected chi connectivity index (χ1v) is 9.53. The van der Waals surface area contributed by atoms with Crippen LogP contribution in [0.5, 0.6) is 0 Å². The molecule has 6 heteroatoms. The second-order valence-electron chi connectivity index (χ2n) is 7.09. The minimum absolute atomic E-state index is 0. The van der Waals surface area contributed by atoms with Crippen LogP contribution in [-0.2, 0) is 17.9 Å². The Balaban J connectivity index is 0.00000280. The highest BCUT2D eigenvalue weighted by Crippen LogP contribution is 2.20. The number of nitrogens with one attached hydrogen (secondary N) is 2. The van der Waals surface area contributed by atoms with Crippen molar-refractivity contribution in [3.8, 4) is 0 Å². The highest BCUT2D eigenvalue weighted by Gasteiger charge is 2.23. The Hall–Kier alpha value is -1.80. The maximum Gasteiger partial charge on any atom is 0.191 e. The van der Waals surface area contributed by atoms with E-state index >= 15 is 0 Å². The van der Waals surface area contributed by atoms with Gasteiger partial charge < -0.3 is 20.3 Å². The molecule has 1 aliphatic heterocycles. The Kier molecular flexibility index (Phi) is 9.05. The van der Waals surface area contributed by atoms with E-state index in [0.717, 1.165) is 32.0 Å². The summed E-state index contributed by atoms with van der Waals surface area (Å²) in [4.78, 5) is 6.82. The molecule has 1 aliphatic rings. The number of hydrogen-bond acceptors (Lipinski definition) is 3. The van der Waals surface area contributed by atoms with Crippen molar-refractivity contribution in [3.05, 3.63) is 65.2 Å². The van der Waals surface area contributed by atoms with Crippen LogP contribution in [0.2, 0.25) is 0 Å². The number of methoxy groups -OCH3 is 1. The second-order valence-corrected chi connectivity index (χ2v) is 7.09. The number of halogens is 1. The van der Waals surface area contributed by atoms with Crippen LogP contribution in [0.3, 0.4) is 0 Å². The molecule has 2 N–H and O–H groups in total. The number of aryl methyl sites for hydroxylation is 1. The van der Waals surface area contributed by atoms with Crippen molar-refractivity contribution in [1.29, 1.82) is 0 Å². The highest BCUT2D eigenvalue weighted by molar-refractivity contribution is 14.0. The topological polar surface area (TPSA) is 48.9 Å². The predicted molar refractivity (Wildman–Crippen MR) is 128 cm³/mol. The Bertz CT molecular complexity index is 763. The summed E-state index contributed by atoms with van der Waals surface area (Å²) in [5.41, 5.74) is 5.00. The molecule has 0 aliphatic carbocycles. The standard InChI is InChI=1S/C22H30N4O.HI/c1-17-7-9-21(10-8-17)26-12-11-20(15-26)25-22(23-2)24-14-18-5-4-6-19(13-18)16-27-3;/h4-10,13,20H,11-12,14-16H2,1-3H3,(H2,23,24,25);1H. The fraction of sp³-hybridized carbons (Fsp3) is 0.409. The van der Waals surface area contributed by atoms with Crippen molar-refractivity contribution in [1.82, 2.24) is 10.6 Å². The summed E-state index contributed by atoms with van der Waals surface area (Å²) in [6.45, 7) is 5.56. The van der Waals surface area contributed by atoms with Gasteiger partial charge >= 0.3 is 0 Å². The smallest absolute Gasteiger partial charge is 0.191 e. The second kappa shape index (κ2) is 11.3. The van der Waals surface area contributed by atoms with Gasteiger partial charge in [-0.2, -0.15) is 0 Å². The van der Waals surface area contributed by atoms with E-state index in [9.17, 15) is 0 Å². The van der Waals surface area contributed by atoms with Gasteiger partial charge in [-0.15, -0.1) is 24.0 Å². The van der Waals surface area contributed by atoms with E-state index in [1.54, 1.807) is 7.11 Å². The summed E-state index contributed by atoms with van der Waals surface area (Å²) in [7, 11) is 3.54. The zero-order chi connectivity index (χ0) is 19.1. The van der Waals surface area contributed by atoms with Crippen LogP contribution in [0.4, 0.5) is 5.69 Å². The molecule has 2 aromatic rings. The minimum Gasteiger partial charge on any atom is -0.380 e. The summed E-state index contributed by atoms with van der Waals surface area (Å²) in [5.74, 6) is 0.850. The van der Waals surface area contributed by atoms with Gasteiger partial charge in [-0.3, -0.25) is 4.99 Å². The molecule has 1 heterocycles. The number of nitrogens with zero attached hydrogens (tertiary/aromatic N) is 2. The first-order valence-electron chi connectivity index (χ1n) is 9.53. The molecule has 0 saturated carbocycles. The maximum absolute atomic E-state index is 5.21. The number of anilines is 1. The molecule has 1 atom stereocenters. The monoisotopic (exact) mass is 494 g/mol. The quantitative estimate of drug-likeness (QED) is 0.366. The first kappa shape index (κ1) is 22.5. The Labute approximate surface area is 185 Å². The third-order valence-electron chi connectivity index (χ3n) is 4.91. The van der Waals surface area contributed by atoms with Crippen molar-refractivity contribution in [2.24, 2.45) is 4.99 Å². The van der Waals surface area contributed by atoms with E-state index in [1.165, 1.54) is 22.4 Å². The summed E-state index contributed by atoms with van der Waals surface area (Å²) in [6.07, 6.45) is 1.11. The molecule has 3 rings (SSSR count). The summed E-state index contributed by atoms with van der Waals surface area (Å²) >= 11 is 0. The maximum atomic E-state index is 5.21. The number of guanidine groups is 1. The van der Waals surface area contributed by atoms with Crippen molar-refractivity contribution in [2.75, 3.05) is 32.1 Å². The van der Waals surface area contributed by atoms with Crippen molar-refractivity contribution in [3.63, 3.8) is 0 Å². The number of benzene rings is 2. The molecule has 0 radical (unpaired) electrons. The average molecular weight is 494 g/mol. The van der Waals surface area contributed by atoms with E-state index in [0.29, 0.717) is 12.6 Å². The molecule has 5 nitrogen and oxygen atoms in total. The Morgan fingerprint density at radius 2 is 1.93 bits per heavy atom. The Morgan fingerprint density at radius 3 is 2.64 bits per heavy atom. The van der Waals surface area contributed by atoms with Gasteiger partial charge in [-0.25, -0.2) is 0 Å². The Morgan fingerprint density at radius 1 is 1.18 bits per heavy atom. The molecular weight excluding hydrogens is 463 g/mol. The molecule has 1 fully saturated rings. The average Bonchev–Trinajstić information content (AvgIpc) is 3.15. The number of rotatable bonds is 6. The van der Waals surface area contributed by atoms with E-state index in [2.05, 4.69) is 76.0 Å². The molecule has 0 amide bonds. The van der Waals surface area contributed by atoms with Crippen molar-refractivity contribution >= 4 is 35.6 Å². The van der Waals surface area contributed by atoms with Crippen LogP contribution in [0, 0.1) is 6.92 Å². The number of hydrogen-bond donors (Lipinski definition) is 2. The molecular formula is C22H31IN4O. The zero-order valence-electron chi connectivity index (χ0n) is 16.9. The van der Waals surface area contributed by atoms with Gasteiger partial charge in [0.2, 0.25) is 0 Å². The van der Waals surface area contributed by atoms with Gasteiger partial charge in [0.25, 0.3) is 0 Å². The van der Waals surface area contributed by atoms with Crippen molar-refractivity contribution in [2.45, 2.75) is 32.5 Å². The van der Waals surface area contributed by atoms with E-state index in [4.69, 9.17) is 4.74 Å². The van der Waals surface area contributed by atoms with E-state index in [-0.39, 0.29) is 24.0 Å². The van der Waals surface area contributed by atoms with Crippen LogP contribution in [0.15, 0.2) is 53.5 Å². The van der Waals surface area contributed by atoms with Crippen LogP contribution in [-0.4, -0.2) is 39.2 Å². The summed E-state index contributed by atoms with van der Waals surface area (Å²) in [6, 6.07) is 17.6.